The van der Waals surface area contributed by atoms with Crippen molar-refractivity contribution >= 4 is 144 Å². The molecular formula is C88H94ClN20O14Y. The number of aromatic hydroxyl groups is 1. The van der Waals surface area contributed by atoms with Gasteiger partial charge < -0.3 is 115 Å². The number of phenols is 1. The molecule has 0 saturated heterocycles. The summed E-state index contributed by atoms with van der Waals surface area (Å²) in [7, 11) is 13.2. The molecule has 34 nitrogen and oxygen atoms in total. The number of carbonyl (C=O) groups excluding carboxylic acids is 13. The van der Waals surface area contributed by atoms with Gasteiger partial charge in [0.05, 0.1) is 39.8 Å². The normalized spacial score (nSPS) is 11.9. The van der Waals surface area contributed by atoms with Crippen LogP contribution in [0.4, 0.5) is 34.4 Å². The van der Waals surface area contributed by atoms with Crippen LogP contribution in [-0.2, 0) is 134 Å². The van der Waals surface area contributed by atoms with Crippen molar-refractivity contribution in [3.05, 3.63) is 241 Å². The smallest absolute Gasteiger partial charge is 0.512 e. The minimum absolute atomic E-state index is 0. The molecule has 0 aliphatic carbocycles. The Morgan fingerprint density at radius 1 is 0.476 bits per heavy atom. The van der Waals surface area contributed by atoms with Crippen LogP contribution in [-0.4, -0.2) is 158 Å². The molecule has 640 valence electrons. The second-order valence-electron chi connectivity index (χ2n) is 29.9. The molecule has 13 rings (SSSR count). The largest absolute Gasteiger partial charge is 3.00 e. The second kappa shape index (κ2) is 40.8. The third-order valence-electron chi connectivity index (χ3n) is 20.7. The summed E-state index contributed by atoms with van der Waals surface area (Å²) in [6.07, 6.45) is 13.7. The number of aryl methyl sites for hydroxylation is 8. The molecular weight excluding hydrogens is 1690 g/mol. The Balaban J connectivity index is 0.00000346. The summed E-state index contributed by atoms with van der Waals surface area (Å²) in [5.41, 5.74) is 7.88. The number of rotatable bonds is 34. The molecule has 12 aromatic rings. The number of imidazole rings is 2. The molecule has 0 bridgehead atoms. The number of anilines is 6. The number of amides is 8. The Hall–Kier alpha value is -13.6. The average Bonchev–Trinajstić information content (AvgIpc) is 1.57. The minimum Gasteiger partial charge on any atom is -0.512 e. The molecule has 1 aliphatic heterocycles. The van der Waals surface area contributed by atoms with Crippen LogP contribution in [0.3, 0.4) is 0 Å². The zero-order valence-corrected chi connectivity index (χ0v) is 73.9. The summed E-state index contributed by atoms with van der Waals surface area (Å²) >= 11 is 6.44. The van der Waals surface area contributed by atoms with Crippen molar-refractivity contribution < 1.29 is 100 Å². The van der Waals surface area contributed by atoms with Crippen LogP contribution in [0.2, 0.25) is 0 Å². The number of Topliss-reactive ketones (excluding diaryl/α,β-unsaturated/α-hetero) is 5. The van der Waals surface area contributed by atoms with E-state index in [1.165, 1.54) is 78.9 Å². The van der Waals surface area contributed by atoms with Crippen LogP contribution in [0.5, 0.6) is 5.75 Å². The summed E-state index contributed by atoms with van der Waals surface area (Å²) in [5.74, 6) is -4.17. The van der Waals surface area contributed by atoms with Crippen LogP contribution in [0, 0.1) is 26.7 Å². The van der Waals surface area contributed by atoms with Gasteiger partial charge in [-0.15, -0.1) is 11.6 Å². The van der Waals surface area contributed by atoms with Gasteiger partial charge in [0.25, 0.3) is 35.4 Å². The van der Waals surface area contributed by atoms with E-state index in [1.54, 1.807) is 124 Å². The van der Waals surface area contributed by atoms with Crippen molar-refractivity contribution in [1.29, 1.82) is 5.26 Å². The fourth-order valence-corrected chi connectivity index (χ4v) is 15.3. The molecule has 124 heavy (non-hydrogen) atoms. The van der Waals surface area contributed by atoms with E-state index < -0.39 is 35.4 Å². The molecule has 1 atom stereocenters. The van der Waals surface area contributed by atoms with Crippen molar-refractivity contribution in [3.63, 3.8) is 0 Å². The van der Waals surface area contributed by atoms with Gasteiger partial charge >= 0.3 is 32.7 Å². The zero-order chi connectivity index (χ0) is 86.9. The number of carbonyl (C=O) groups is 13. The van der Waals surface area contributed by atoms with Gasteiger partial charge in [0.15, 0.2) is 29.0 Å². The average molecular weight is 1780 g/mol. The fourth-order valence-electron chi connectivity index (χ4n) is 15.0. The van der Waals surface area contributed by atoms with Crippen molar-refractivity contribution in [2.45, 2.75) is 77.0 Å². The number of nitrogens with one attached hydrogen (secondary N) is 8. The molecule has 0 radical (unpaired) electrons. The van der Waals surface area contributed by atoms with E-state index in [0.29, 0.717) is 92.7 Å². The van der Waals surface area contributed by atoms with Gasteiger partial charge in [0.1, 0.15) is 40.1 Å². The first-order valence-electron chi connectivity index (χ1n) is 38.5. The summed E-state index contributed by atoms with van der Waals surface area (Å²) in [6, 6.07) is 25.9. The van der Waals surface area contributed by atoms with E-state index in [1.807, 2.05) is 42.5 Å². The quantitative estimate of drug-likeness (QED) is 0.00783. The van der Waals surface area contributed by atoms with Crippen LogP contribution < -0.4 is 42.1 Å². The number of aromatic amines is 1. The maximum atomic E-state index is 14.1. The third-order valence-corrected chi connectivity index (χ3v) is 21.1. The monoisotopic (exact) mass is 1780 g/mol. The third kappa shape index (κ3) is 21.8. The number of hydrogen-bond donors (Lipinski definition) is 9. The van der Waals surface area contributed by atoms with E-state index in [2.05, 4.69) is 52.2 Å². The van der Waals surface area contributed by atoms with Gasteiger partial charge in [-0.3, -0.25) is 62.3 Å². The maximum Gasteiger partial charge on any atom is 3.00 e. The first kappa shape index (κ1) is 94.2. The predicted molar refractivity (Wildman–Crippen MR) is 463 cm³/mol. The molecule has 9 N–H and O–H groups in total. The van der Waals surface area contributed by atoms with Crippen molar-refractivity contribution in [2.75, 3.05) is 57.0 Å². The van der Waals surface area contributed by atoms with E-state index >= 15 is 0 Å². The Kier molecular flexibility index (Phi) is 31.0. The molecule has 0 fully saturated rings. The van der Waals surface area contributed by atoms with E-state index in [9.17, 15) is 67.4 Å². The van der Waals surface area contributed by atoms with Gasteiger partial charge in [-0.05, 0) is 94.6 Å². The van der Waals surface area contributed by atoms with Crippen molar-refractivity contribution in [1.82, 2.24) is 62.1 Å². The number of nitrogens with zero attached hydrogens (tertiary/aromatic N) is 12. The molecule has 0 spiro atoms. The van der Waals surface area contributed by atoms with Crippen LogP contribution in [0.1, 0.15) is 174 Å². The molecule has 36 heteroatoms. The molecule has 1 unspecified atom stereocenters. The van der Waals surface area contributed by atoms with Crippen molar-refractivity contribution in [2.24, 2.45) is 56.4 Å². The van der Waals surface area contributed by atoms with Gasteiger partial charge in [-0.1, -0.05) is 36.4 Å². The van der Waals surface area contributed by atoms with E-state index in [-0.39, 0.29) is 210 Å². The molecule has 10 heterocycles. The summed E-state index contributed by atoms with van der Waals surface area (Å²) in [5, 5.41) is 38.3. The zero-order valence-electron chi connectivity index (χ0n) is 70.3. The van der Waals surface area contributed by atoms with Crippen LogP contribution in [0.25, 0.3) is 21.7 Å². The molecule has 9 aromatic heterocycles. The summed E-state index contributed by atoms with van der Waals surface area (Å²) in [4.78, 5) is 186. The van der Waals surface area contributed by atoms with Crippen molar-refractivity contribution in [3.8, 4) is 5.75 Å². The molecule has 8 amide bonds. The molecule has 0 saturated carbocycles. The number of halogens is 1. The number of aromatic nitrogens is 11. The van der Waals surface area contributed by atoms with E-state index in [0.717, 1.165) is 21.9 Å². The topological polar surface area (TPSA) is 434 Å². The predicted octanol–water partition coefficient (Wildman–Crippen LogP) is 10.3. The first-order valence-corrected chi connectivity index (χ1v) is 39.0. The number of ketones is 5. The summed E-state index contributed by atoms with van der Waals surface area (Å²) in [6.45, 7) is 6.50. The van der Waals surface area contributed by atoms with Gasteiger partial charge in [-0.25, -0.2) is 9.97 Å². The van der Waals surface area contributed by atoms with Crippen LogP contribution >= 0.6 is 11.6 Å². The number of phenolic OH excluding ortho intramolecular Hbond substituents is 1. The Morgan fingerprint density at radius 2 is 0.935 bits per heavy atom. The number of hydrogen-bond acceptors (Lipinski definition) is 17. The van der Waals surface area contributed by atoms with Gasteiger partial charge in [0, 0.05) is 218 Å². The van der Waals surface area contributed by atoms with Gasteiger partial charge in [-0.2, -0.15) is 0 Å². The number of H-pyrrole nitrogens is 1. The Morgan fingerprint density at radius 3 is 1.46 bits per heavy atom. The Bertz CT molecular complexity index is 6190. The number of benzene rings is 3. The molecule has 3 aromatic carbocycles. The SMILES string of the molecule is CC(=O)Nc1cn(C)c(C(=O)Nc2cc(C(=O)Nc3cc(C(=O)NCCC(=O)Nc4cn(C)c(C(=O)Nc5cc(C(=O)NCCCC(=O)Cc6cc(C(=O)Cc7cc(C(=O)CCCC(=O)Cc8cc(C(=O)Cc9ccc%10cc(C(=O)N%11CC(CCl)c%12c%11cc(O)c%11ccccc%12%11)[nH]c%10c9)n(C)c8)n(C)c7)n(C)c6)n(C)c5)n4)n(C)c3)n(C)c2)n1.[C-]#N.[CH3-].[CH3-].[Y+3]. The summed E-state index contributed by atoms with van der Waals surface area (Å²) < 4.78 is 12.4. The maximum absolute atomic E-state index is 14.1. The Labute approximate surface area is 744 Å². The fraction of sp³-hybridized carbons (Fsp3) is 0.273. The minimum atomic E-state index is -0.641. The molecule has 1 aliphatic rings. The van der Waals surface area contributed by atoms with E-state index in [4.69, 9.17) is 23.4 Å². The first-order chi connectivity index (χ1) is 57.8. The van der Waals surface area contributed by atoms with Gasteiger partial charge in [0.2, 0.25) is 23.5 Å². The number of fused-ring (bicyclic) bond motifs is 4. The van der Waals surface area contributed by atoms with Crippen LogP contribution in [0.15, 0.2) is 141 Å². The number of alkyl halides is 1. The standard InChI is InChI=1S/C85H88ClN19O14.CN.2CH3.Y/c1-47(106)89-74-45-103(8)78(95-74)83(117)92-56-35-69(102(7)44-56)82(116)90-54-33-68(100(5)42-54)81(115)88-23-21-76(113)94-75-46-104(9)79(96-75)84(118)91-55-34-67(101(6)43-55)80(114)87-22-13-15-58(108)25-50-28-65(99(4)39-50)73(112)31-51-29-63(97(2)40-51)70(109)18-12-14-57(107)24-49-27-64(98(3)38-49)72(111)30-48-19-20-52-32-62(93-61(52)26-48)85(119)105-41-53(37-86)77-60-17-11-10-16-59(60)71(110)36-66(77)105;1-2;;;/h10-11,16-17,19-20,26-29,32-36,38-40,42-46,53,93,110H,12-15,18,21-25,30-31,37,41H2,1-9H3,(H,87,114)(H,88,115)(H,89,106)(H,90,116)(H,91,118)(H,92,117)(H,94,113);;2*1H3;/q;3*-1;+3. The second-order valence-corrected chi connectivity index (χ2v) is 30.2.